The average Bonchev–Trinajstić information content (AvgIpc) is 2.53. The second-order valence-corrected chi connectivity index (χ2v) is 7.20. The van der Waals surface area contributed by atoms with Crippen molar-refractivity contribution in [3.8, 4) is 0 Å². The monoisotopic (exact) mass is 342 g/mol. The highest BCUT2D eigenvalue weighted by Crippen LogP contribution is 2.23. The van der Waals surface area contributed by atoms with Gasteiger partial charge in [0.2, 0.25) is 0 Å². The Bertz CT molecular complexity index is 328. The van der Waals surface area contributed by atoms with Gasteiger partial charge in [0.1, 0.15) is 0 Å². The van der Waals surface area contributed by atoms with Gasteiger partial charge in [-0.2, -0.15) is 0 Å². The van der Waals surface area contributed by atoms with Gasteiger partial charge in [-0.1, -0.05) is 90.9 Å². The molecular weight excluding hydrogens is 304 g/mol. The Labute approximate surface area is 148 Å². The van der Waals surface area contributed by atoms with Crippen molar-refractivity contribution in [1.29, 1.82) is 0 Å². The molecule has 0 saturated heterocycles. The number of hydrogen-bond acceptors (Lipinski definition) is 2. The van der Waals surface area contributed by atoms with E-state index < -0.39 is 17.9 Å². The molecule has 0 aliphatic rings. The summed E-state index contributed by atoms with van der Waals surface area (Å²) in [4.78, 5) is 21.9. The molecule has 0 bridgehead atoms. The van der Waals surface area contributed by atoms with Gasteiger partial charge < -0.3 is 10.2 Å². The fraction of sp³-hybridized carbons (Fsp3) is 0.900. The molecule has 0 amide bonds. The first-order chi connectivity index (χ1) is 11.5. The van der Waals surface area contributed by atoms with Crippen molar-refractivity contribution in [3.63, 3.8) is 0 Å². The Hall–Kier alpha value is -1.06. The van der Waals surface area contributed by atoms with Gasteiger partial charge in [0.15, 0.2) is 0 Å². The van der Waals surface area contributed by atoms with E-state index in [2.05, 4.69) is 6.92 Å². The van der Waals surface area contributed by atoms with E-state index in [-0.39, 0.29) is 12.3 Å². The van der Waals surface area contributed by atoms with E-state index in [1.165, 1.54) is 64.2 Å². The number of carboxylic acids is 2. The first-order valence-electron chi connectivity index (χ1n) is 9.93. The number of hydrogen-bond donors (Lipinski definition) is 2. The van der Waals surface area contributed by atoms with Crippen LogP contribution in [0.1, 0.15) is 104 Å². The minimum atomic E-state index is -1.02. The van der Waals surface area contributed by atoms with Crippen LogP contribution in [0.2, 0.25) is 0 Å². The van der Waals surface area contributed by atoms with E-state index in [4.69, 9.17) is 10.2 Å². The molecule has 0 radical (unpaired) electrons. The van der Waals surface area contributed by atoms with Crippen LogP contribution in [0.3, 0.4) is 0 Å². The van der Waals surface area contributed by atoms with Crippen molar-refractivity contribution in [1.82, 2.24) is 0 Å². The van der Waals surface area contributed by atoms with Crippen LogP contribution in [-0.4, -0.2) is 22.2 Å². The molecule has 0 fully saturated rings. The summed E-state index contributed by atoms with van der Waals surface area (Å²) in [5.41, 5.74) is 0. The third kappa shape index (κ3) is 13.4. The molecule has 0 aromatic heterocycles. The number of carbonyl (C=O) groups is 2. The summed E-state index contributed by atoms with van der Waals surface area (Å²) in [5.74, 6) is -2.83. The van der Waals surface area contributed by atoms with Gasteiger partial charge in [0.25, 0.3) is 0 Å². The zero-order chi connectivity index (χ0) is 18.2. The van der Waals surface area contributed by atoms with Crippen molar-refractivity contribution in [2.75, 3.05) is 0 Å². The smallest absolute Gasteiger partial charge is 0.307 e. The van der Waals surface area contributed by atoms with E-state index in [0.29, 0.717) is 0 Å². The van der Waals surface area contributed by atoms with Crippen molar-refractivity contribution in [3.05, 3.63) is 0 Å². The highest BCUT2D eigenvalue weighted by molar-refractivity contribution is 5.77. The minimum absolute atomic E-state index is 0.0679. The minimum Gasteiger partial charge on any atom is -0.481 e. The zero-order valence-corrected chi connectivity index (χ0v) is 15.8. The maximum atomic E-state index is 11.1. The van der Waals surface area contributed by atoms with Gasteiger partial charge in [-0.3, -0.25) is 9.59 Å². The maximum Gasteiger partial charge on any atom is 0.307 e. The quantitative estimate of drug-likeness (QED) is 0.323. The van der Waals surface area contributed by atoms with Crippen LogP contribution in [-0.2, 0) is 9.59 Å². The summed E-state index contributed by atoms with van der Waals surface area (Å²) in [6.45, 7) is 4.11. The van der Waals surface area contributed by atoms with Crippen LogP contribution in [0.15, 0.2) is 0 Å². The van der Waals surface area contributed by atoms with Crippen molar-refractivity contribution in [2.45, 2.75) is 104 Å². The topological polar surface area (TPSA) is 74.6 Å². The van der Waals surface area contributed by atoms with Crippen LogP contribution in [0.5, 0.6) is 0 Å². The van der Waals surface area contributed by atoms with Gasteiger partial charge in [0.05, 0.1) is 12.3 Å². The summed E-state index contributed by atoms with van der Waals surface area (Å²) in [6, 6.07) is 0. The van der Waals surface area contributed by atoms with Gasteiger partial charge in [0, 0.05) is 0 Å². The summed E-state index contributed by atoms with van der Waals surface area (Å²) in [7, 11) is 0. The second-order valence-electron chi connectivity index (χ2n) is 7.20. The molecule has 0 saturated carbocycles. The average molecular weight is 343 g/mol. The number of rotatable bonds is 17. The Balaban J connectivity index is 3.51. The highest BCUT2D eigenvalue weighted by Gasteiger charge is 2.26. The lowest BCUT2D eigenvalue weighted by Gasteiger charge is -2.18. The van der Waals surface area contributed by atoms with E-state index in [1.54, 1.807) is 0 Å². The SMILES string of the molecule is CCCCCCCCCCCCCCC(C)C(CC(=O)O)C(=O)O. The van der Waals surface area contributed by atoms with Gasteiger partial charge in [-0.25, -0.2) is 0 Å². The molecule has 24 heavy (non-hydrogen) atoms. The van der Waals surface area contributed by atoms with Crippen molar-refractivity contribution >= 4 is 11.9 Å². The number of unbranched alkanes of at least 4 members (excludes halogenated alkanes) is 11. The predicted molar refractivity (Wildman–Crippen MR) is 98.2 cm³/mol. The van der Waals surface area contributed by atoms with Crippen molar-refractivity contribution < 1.29 is 19.8 Å². The molecule has 4 heteroatoms. The Morgan fingerprint density at radius 1 is 0.750 bits per heavy atom. The van der Waals surface area contributed by atoms with Crippen LogP contribution in [0, 0.1) is 11.8 Å². The number of aliphatic carboxylic acids is 2. The first-order valence-corrected chi connectivity index (χ1v) is 9.93. The molecule has 2 unspecified atom stereocenters. The van der Waals surface area contributed by atoms with Crippen LogP contribution in [0.4, 0.5) is 0 Å². The molecule has 2 atom stereocenters. The van der Waals surface area contributed by atoms with E-state index >= 15 is 0 Å². The summed E-state index contributed by atoms with van der Waals surface area (Å²) < 4.78 is 0. The largest absolute Gasteiger partial charge is 0.481 e. The lowest BCUT2D eigenvalue weighted by atomic mass is 9.87. The van der Waals surface area contributed by atoms with Crippen molar-refractivity contribution in [2.24, 2.45) is 11.8 Å². The van der Waals surface area contributed by atoms with Gasteiger partial charge in [-0.05, 0) is 12.3 Å². The molecule has 2 N–H and O–H groups in total. The Morgan fingerprint density at radius 2 is 1.17 bits per heavy atom. The molecule has 0 aliphatic heterocycles. The third-order valence-corrected chi connectivity index (χ3v) is 4.91. The molecule has 142 valence electrons. The van der Waals surface area contributed by atoms with E-state index in [9.17, 15) is 9.59 Å². The molecule has 4 nitrogen and oxygen atoms in total. The lowest BCUT2D eigenvalue weighted by Crippen LogP contribution is -2.24. The molecular formula is C20H38O4. The fourth-order valence-corrected chi connectivity index (χ4v) is 3.23. The standard InChI is InChI=1S/C20H38O4/c1-3-4-5-6-7-8-9-10-11-12-13-14-15-17(2)18(20(23)24)16-19(21)22/h17-18H,3-16H2,1-2H3,(H,21,22)(H,23,24). The van der Waals surface area contributed by atoms with Gasteiger partial charge >= 0.3 is 11.9 Å². The molecule has 0 spiro atoms. The molecule has 0 heterocycles. The fourth-order valence-electron chi connectivity index (χ4n) is 3.23. The van der Waals surface area contributed by atoms with E-state index in [0.717, 1.165) is 19.3 Å². The van der Waals surface area contributed by atoms with Crippen LogP contribution < -0.4 is 0 Å². The summed E-state index contributed by atoms with van der Waals surface area (Å²) in [5, 5.41) is 17.9. The second kappa shape index (κ2) is 15.5. The molecule has 0 aromatic rings. The Morgan fingerprint density at radius 3 is 1.54 bits per heavy atom. The zero-order valence-electron chi connectivity index (χ0n) is 15.8. The molecule has 0 aliphatic carbocycles. The summed E-state index contributed by atoms with van der Waals surface area (Å²) in [6.07, 6.45) is 15.9. The van der Waals surface area contributed by atoms with E-state index in [1.807, 2.05) is 6.92 Å². The number of carboxylic acid groups (broad SMARTS) is 2. The maximum absolute atomic E-state index is 11.1. The Kier molecular flexibility index (Phi) is 14.8. The van der Waals surface area contributed by atoms with Gasteiger partial charge in [-0.15, -0.1) is 0 Å². The van der Waals surface area contributed by atoms with Crippen LogP contribution in [0.25, 0.3) is 0 Å². The van der Waals surface area contributed by atoms with Crippen LogP contribution >= 0.6 is 0 Å². The highest BCUT2D eigenvalue weighted by atomic mass is 16.4. The normalized spacial score (nSPS) is 13.6. The molecule has 0 aromatic carbocycles. The summed E-state index contributed by atoms with van der Waals surface area (Å²) >= 11 is 0. The first kappa shape index (κ1) is 22.9. The lowest BCUT2D eigenvalue weighted by molar-refractivity contribution is -0.150. The third-order valence-electron chi connectivity index (χ3n) is 4.91. The molecule has 0 rings (SSSR count). The predicted octanol–water partition coefficient (Wildman–Crippen LogP) is 5.89.